The van der Waals surface area contributed by atoms with Gasteiger partial charge in [-0.05, 0) is 43.4 Å². The molecule has 126 valence electrons. The Bertz CT molecular complexity index is 682. The van der Waals surface area contributed by atoms with Crippen molar-refractivity contribution in [3.05, 3.63) is 53.2 Å². The summed E-state index contributed by atoms with van der Waals surface area (Å²) < 4.78 is 0. The molecular weight excluding hydrogens is 300 g/mol. The van der Waals surface area contributed by atoms with Crippen molar-refractivity contribution in [3.63, 3.8) is 0 Å². The lowest BCUT2D eigenvalue weighted by molar-refractivity contribution is 0.0676. The van der Waals surface area contributed by atoms with E-state index in [9.17, 15) is 4.79 Å². The van der Waals surface area contributed by atoms with E-state index in [0.717, 1.165) is 19.5 Å². The van der Waals surface area contributed by atoms with Gasteiger partial charge in [0.15, 0.2) is 5.69 Å². The molecule has 0 saturated carbocycles. The fourth-order valence-corrected chi connectivity index (χ4v) is 2.98. The highest BCUT2D eigenvalue weighted by Gasteiger charge is 2.23. The van der Waals surface area contributed by atoms with Crippen LogP contribution in [0.5, 0.6) is 0 Å². The molecule has 3 rings (SSSR count). The molecule has 1 saturated heterocycles. The number of carbonyl (C=O) groups is 1. The molecule has 1 aliphatic heterocycles. The highest BCUT2D eigenvalue weighted by atomic mass is 16.2. The Morgan fingerprint density at radius 2 is 2.00 bits per heavy atom. The van der Waals surface area contributed by atoms with Gasteiger partial charge in [0.1, 0.15) is 5.82 Å². The van der Waals surface area contributed by atoms with Crippen molar-refractivity contribution in [2.24, 2.45) is 5.92 Å². The first-order valence-corrected chi connectivity index (χ1v) is 8.54. The van der Waals surface area contributed by atoms with Crippen molar-refractivity contribution >= 4 is 11.7 Å². The number of carbonyl (C=O) groups excluding carboxylic acids is 1. The van der Waals surface area contributed by atoms with Crippen LogP contribution in [0.2, 0.25) is 0 Å². The van der Waals surface area contributed by atoms with Gasteiger partial charge in [0.25, 0.3) is 5.91 Å². The highest BCUT2D eigenvalue weighted by Crippen LogP contribution is 2.17. The topological polar surface area (TPSA) is 58.1 Å². The molecule has 5 heteroatoms. The van der Waals surface area contributed by atoms with Gasteiger partial charge in [-0.1, -0.05) is 36.8 Å². The van der Waals surface area contributed by atoms with Gasteiger partial charge in [0.2, 0.25) is 0 Å². The monoisotopic (exact) mass is 324 g/mol. The van der Waals surface area contributed by atoms with E-state index in [4.69, 9.17) is 0 Å². The van der Waals surface area contributed by atoms with Crippen LogP contribution in [-0.2, 0) is 6.54 Å². The van der Waals surface area contributed by atoms with E-state index < -0.39 is 0 Å². The van der Waals surface area contributed by atoms with Crippen molar-refractivity contribution in [2.45, 2.75) is 33.2 Å². The molecule has 5 nitrogen and oxygen atoms in total. The van der Waals surface area contributed by atoms with Crippen molar-refractivity contribution in [1.82, 2.24) is 15.1 Å². The quantitative estimate of drug-likeness (QED) is 0.938. The van der Waals surface area contributed by atoms with E-state index >= 15 is 0 Å². The van der Waals surface area contributed by atoms with Crippen molar-refractivity contribution in [3.8, 4) is 0 Å². The van der Waals surface area contributed by atoms with Crippen LogP contribution >= 0.6 is 0 Å². The Hall–Kier alpha value is -2.43. The standard InChI is InChI=1S/C19H24N4O/c1-14-5-7-16(8-6-14)12-20-18-10-9-17(21-22-18)19(24)23-11-3-4-15(2)13-23/h5-10,15H,3-4,11-13H2,1-2H3,(H,20,22). The Morgan fingerprint density at radius 3 is 2.67 bits per heavy atom. The van der Waals surface area contributed by atoms with Crippen LogP contribution in [0.1, 0.15) is 41.4 Å². The third kappa shape index (κ3) is 4.10. The van der Waals surface area contributed by atoms with Gasteiger partial charge in [-0.15, -0.1) is 10.2 Å². The van der Waals surface area contributed by atoms with Crippen molar-refractivity contribution in [2.75, 3.05) is 18.4 Å². The molecule has 2 aromatic rings. The Labute approximate surface area is 143 Å². The number of hydrogen-bond donors (Lipinski definition) is 1. The van der Waals surface area contributed by atoms with E-state index in [2.05, 4.69) is 53.6 Å². The summed E-state index contributed by atoms with van der Waals surface area (Å²) in [6, 6.07) is 11.9. The summed E-state index contributed by atoms with van der Waals surface area (Å²) in [5.41, 5.74) is 2.85. The van der Waals surface area contributed by atoms with Gasteiger partial charge in [-0.3, -0.25) is 4.79 Å². The second kappa shape index (κ2) is 7.43. The lowest BCUT2D eigenvalue weighted by Gasteiger charge is -2.30. The van der Waals surface area contributed by atoms with Gasteiger partial charge in [-0.2, -0.15) is 0 Å². The molecule has 1 N–H and O–H groups in total. The van der Waals surface area contributed by atoms with Crippen LogP contribution in [0.3, 0.4) is 0 Å². The minimum Gasteiger partial charge on any atom is -0.365 e. The van der Waals surface area contributed by atoms with Crippen LogP contribution < -0.4 is 5.32 Å². The van der Waals surface area contributed by atoms with E-state index in [1.54, 1.807) is 6.07 Å². The van der Waals surface area contributed by atoms with Crippen LogP contribution in [0.15, 0.2) is 36.4 Å². The van der Waals surface area contributed by atoms with Gasteiger partial charge >= 0.3 is 0 Å². The summed E-state index contributed by atoms with van der Waals surface area (Å²) >= 11 is 0. The number of nitrogens with one attached hydrogen (secondary N) is 1. The summed E-state index contributed by atoms with van der Waals surface area (Å²) in [4.78, 5) is 14.4. The fraction of sp³-hybridized carbons (Fsp3) is 0.421. The second-order valence-corrected chi connectivity index (χ2v) is 6.64. The number of hydrogen-bond acceptors (Lipinski definition) is 4. The Kier molecular flexibility index (Phi) is 5.08. The van der Waals surface area contributed by atoms with Gasteiger partial charge in [-0.25, -0.2) is 0 Å². The second-order valence-electron chi connectivity index (χ2n) is 6.64. The number of benzene rings is 1. The van der Waals surface area contributed by atoms with Crippen molar-refractivity contribution in [1.29, 1.82) is 0 Å². The maximum absolute atomic E-state index is 12.5. The zero-order chi connectivity index (χ0) is 16.9. The first-order valence-electron chi connectivity index (χ1n) is 8.54. The zero-order valence-electron chi connectivity index (χ0n) is 14.3. The smallest absolute Gasteiger partial charge is 0.274 e. The predicted molar refractivity (Wildman–Crippen MR) is 94.8 cm³/mol. The molecule has 24 heavy (non-hydrogen) atoms. The van der Waals surface area contributed by atoms with Crippen LogP contribution in [0.4, 0.5) is 5.82 Å². The molecule has 1 fully saturated rings. The molecule has 1 amide bonds. The summed E-state index contributed by atoms with van der Waals surface area (Å²) in [5, 5.41) is 11.5. The number of amides is 1. The van der Waals surface area contributed by atoms with Crippen molar-refractivity contribution < 1.29 is 4.79 Å². The molecular formula is C19H24N4O. The third-order valence-electron chi connectivity index (χ3n) is 4.42. The molecule has 2 heterocycles. The fourth-order valence-electron chi connectivity index (χ4n) is 2.98. The zero-order valence-corrected chi connectivity index (χ0v) is 14.3. The predicted octanol–water partition coefficient (Wildman–Crippen LogP) is 3.27. The molecule has 0 aliphatic carbocycles. The molecule has 1 atom stereocenters. The van der Waals surface area contributed by atoms with E-state index in [1.165, 1.54) is 17.5 Å². The molecule has 0 bridgehead atoms. The van der Waals surface area contributed by atoms with E-state index in [1.807, 2.05) is 11.0 Å². The number of piperidine rings is 1. The molecule has 1 aliphatic rings. The maximum atomic E-state index is 12.5. The van der Waals surface area contributed by atoms with Gasteiger partial charge < -0.3 is 10.2 Å². The van der Waals surface area contributed by atoms with Gasteiger partial charge in [0, 0.05) is 19.6 Å². The normalized spacial score (nSPS) is 17.6. The molecule has 1 unspecified atom stereocenters. The first-order chi connectivity index (χ1) is 11.6. The number of aryl methyl sites for hydroxylation is 1. The van der Waals surface area contributed by atoms with Gasteiger partial charge in [0.05, 0.1) is 0 Å². The average Bonchev–Trinajstić information content (AvgIpc) is 2.61. The molecule has 1 aromatic heterocycles. The number of likely N-dealkylation sites (tertiary alicyclic amines) is 1. The molecule has 0 spiro atoms. The highest BCUT2D eigenvalue weighted by molar-refractivity contribution is 5.92. The summed E-state index contributed by atoms with van der Waals surface area (Å²) in [6.07, 6.45) is 2.26. The van der Waals surface area contributed by atoms with Crippen LogP contribution in [0, 0.1) is 12.8 Å². The summed E-state index contributed by atoms with van der Waals surface area (Å²) in [5.74, 6) is 1.23. The van der Waals surface area contributed by atoms with Crippen LogP contribution in [-0.4, -0.2) is 34.1 Å². The average molecular weight is 324 g/mol. The summed E-state index contributed by atoms with van der Waals surface area (Å²) in [7, 11) is 0. The Balaban J connectivity index is 1.58. The molecule has 0 radical (unpaired) electrons. The SMILES string of the molecule is Cc1ccc(CNc2ccc(C(=O)N3CCCC(C)C3)nn2)cc1. The number of aromatic nitrogens is 2. The third-order valence-corrected chi connectivity index (χ3v) is 4.42. The lowest BCUT2D eigenvalue weighted by atomic mass is 10.00. The van der Waals surface area contributed by atoms with E-state index in [0.29, 0.717) is 24.0 Å². The first kappa shape index (κ1) is 16.4. The minimum absolute atomic E-state index is 0.0147. The summed E-state index contributed by atoms with van der Waals surface area (Å²) in [6.45, 7) is 6.57. The Morgan fingerprint density at radius 1 is 1.21 bits per heavy atom. The number of nitrogens with zero attached hydrogens (tertiary/aromatic N) is 3. The number of rotatable bonds is 4. The maximum Gasteiger partial charge on any atom is 0.274 e. The largest absolute Gasteiger partial charge is 0.365 e. The molecule has 1 aromatic carbocycles. The van der Waals surface area contributed by atoms with Crippen LogP contribution in [0.25, 0.3) is 0 Å². The number of anilines is 1. The lowest BCUT2D eigenvalue weighted by Crippen LogP contribution is -2.39. The minimum atomic E-state index is -0.0147. The van der Waals surface area contributed by atoms with E-state index in [-0.39, 0.29) is 5.91 Å².